The van der Waals surface area contributed by atoms with Crippen molar-refractivity contribution in [3.8, 4) is 11.5 Å². The molecule has 2 aromatic carbocycles. The number of amides is 2. The number of thioether (sulfide) groups is 1. The lowest BCUT2D eigenvalue weighted by molar-refractivity contribution is -0.117. The normalized spacial score (nSPS) is 14.7. The van der Waals surface area contributed by atoms with Crippen molar-refractivity contribution in [2.24, 2.45) is 0 Å². The Balaban J connectivity index is 1.30. The zero-order valence-electron chi connectivity index (χ0n) is 20.3. The number of morpholine rings is 1. The van der Waals surface area contributed by atoms with E-state index in [1.807, 2.05) is 18.2 Å². The van der Waals surface area contributed by atoms with E-state index in [-0.39, 0.29) is 19.0 Å². The summed E-state index contributed by atoms with van der Waals surface area (Å²) in [6, 6.07) is 17.6. The van der Waals surface area contributed by atoms with E-state index in [0.717, 1.165) is 18.7 Å². The van der Waals surface area contributed by atoms with Gasteiger partial charge in [0.2, 0.25) is 6.79 Å². The van der Waals surface area contributed by atoms with Gasteiger partial charge in [0.1, 0.15) is 15.8 Å². The van der Waals surface area contributed by atoms with Gasteiger partial charge in [0.25, 0.3) is 11.8 Å². The highest BCUT2D eigenvalue weighted by Crippen LogP contribution is 2.32. The lowest BCUT2D eigenvalue weighted by atomic mass is 10.2. The molecule has 3 aromatic rings. The Bertz CT molecular complexity index is 1350. The maximum Gasteiger partial charge on any atom is 0.268 e. The summed E-state index contributed by atoms with van der Waals surface area (Å²) in [5.41, 5.74) is 1.29. The van der Waals surface area contributed by atoms with Crippen molar-refractivity contribution in [3.63, 3.8) is 0 Å². The van der Waals surface area contributed by atoms with Crippen LogP contribution < -0.4 is 20.1 Å². The number of hydrogen-bond acceptors (Lipinski definition) is 8. The molecule has 0 spiro atoms. The molecule has 3 heterocycles. The number of ether oxygens (including phenoxy) is 3. The number of nitrogens with one attached hydrogen (secondary N) is 2. The topological polar surface area (TPSA) is 102 Å². The van der Waals surface area contributed by atoms with Crippen molar-refractivity contribution in [1.29, 1.82) is 0 Å². The fourth-order valence-corrected chi connectivity index (χ4v) is 4.96. The Morgan fingerprint density at radius 3 is 2.61 bits per heavy atom. The van der Waals surface area contributed by atoms with E-state index in [9.17, 15) is 9.59 Å². The minimum Gasteiger partial charge on any atom is -0.454 e. The van der Waals surface area contributed by atoms with Gasteiger partial charge < -0.3 is 34.2 Å². The van der Waals surface area contributed by atoms with E-state index in [1.54, 1.807) is 42.5 Å². The quantitative estimate of drug-likeness (QED) is 0.258. The highest BCUT2D eigenvalue weighted by Gasteiger charge is 2.19. The van der Waals surface area contributed by atoms with E-state index < -0.39 is 11.8 Å². The molecule has 0 unspecified atom stereocenters. The molecule has 38 heavy (non-hydrogen) atoms. The number of furan rings is 1. The second-order valence-electron chi connectivity index (χ2n) is 8.37. The van der Waals surface area contributed by atoms with Crippen molar-refractivity contribution in [1.82, 2.24) is 15.5 Å². The molecule has 0 aliphatic carbocycles. The molecule has 0 saturated carbocycles. The van der Waals surface area contributed by atoms with Gasteiger partial charge in [0.05, 0.1) is 13.2 Å². The van der Waals surface area contributed by atoms with Gasteiger partial charge >= 0.3 is 0 Å². The number of benzene rings is 2. The lowest BCUT2D eigenvalue weighted by Crippen LogP contribution is -2.38. The maximum atomic E-state index is 13.2. The first-order valence-electron chi connectivity index (χ1n) is 11.9. The van der Waals surface area contributed by atoms with Crippen LogP contribution in [0.25, 0.3) is 6.08 Å². The molecule has 0 bridgehead atoms. The summed E-state index contributed by atoms with van der Waals surface area (Å²) in [4.78, 5) is 28.1. The van der Waals surface area contributed by atoms with Crippen LogP contribution in [0.5, 0.6) is 11.5 Å². The smallest absolute Gasteiger partial charge is 0.268 e. The molecule has 1 aromatic heterocycles. The van der Waals surface area contributed by atoms with E-state index in [4.69, 9.17) is 30.8 Å². The fraction of sp³-hybridized carbons (Fsp3) is 0.222. The highest BCUT2D eigenvalue weighted by molar-refractivity contribution is 8.22. The van der Waals surface area contributed by atoms with E-state index in [1.165, 1.54) is 17.8 Å². The van der Waals surface area contributed by atoms with Crippen molar-refractivity contribution < 1.29 is 28.2 Å². The molecule has 0 atom stereocenters. The molecule has 2 amide bonds. The monoisotopic (exact) mass is 551 g/mol. The molecule has 5 rings (SSSR count). The van der Waals surface area contributed by atoms with Crippen LogP contribution in [0.2, 0.25) is 0 Å². The molecule has 2 aliphatic rings. The molecular weight excluding hydrogens is 526 g/mol. The van der Waals surface area contributed by atoms with Crippen LogP contribution in [0.3, 0.4) is 0 Å². The second kappa shape index (κ2) is 12.2. The molecule has 2 aliphatic heterocycles. The van der Waals surface area contributed by atoms with Gasteiger partial charge in [-0.15, -0.1) is 0 Å². The minimum atomic E-state index is -0.471. The first-order valence-corrected chi connectivity index (χ1v) is 13.2. The standard InChI is InChI=1S/C27H25N3O6S2/c31-25(19-4-2-1-3-5-19)29-21(26(32)28-16-18-6-8-22-23(14-18)35-17-34-22)15-20-7-9-24(36-20)38-27(37)30-10-12-33-13-11-30/h1-9,14-15H,10-13,16-17H2,(H,28,32)(H,29,31)/b21-15-. The van der Waals surface area contributed by atoms with Gasteiger partial charge in [0, 0.05) is 31.3 Å². The van der Waals surface area contributed by atoms with Crippen LogP contribution in [0.1, 0.15) is 21.7 Å². The molecule has 0 radical (unpaired) electrons. The summed E-state index contributed by atoms with van der Waals surface area (Å²) < 4.78 is 22.7. The molecular formula is C27H25N3O6S2. The number of hydrogen-bond donors (Lipinski definition) is 2. The number of fused-ring (bicyclic) bond motifs is 1. The highest BCUT2D eigenvalue weighted by atomic mass is 32.2. The number of nitrogens with zero attached hydrogens (tertiary/aromatic N) is 1. The Labute approximate surface area is 229 Å². The molecule has 9 nitrogen and oxygen atoms in total. The van der Waals surface area contributed by atoms with Gasteiger partial charge in [-0.1, -0.05) is 36.5 Å². The molecule has 1 fully saturated rings. The first-order chi connectivity index (χ1) is 18.5. The summed E-state index contributed by atoms with van der Waals surface area (Å²) >= 11 is 6.87. The van der Waals surface area contributed by atoms with Gasteiger partial charge in [-0.3, -0.25) is 9.59 Å². The van der Waals surface area contributed by atoms with Crippen LogP contribution >= 0.6 is 24.0 Å². The SMILES string of the molecule is O=C(NCc1ccc2c(c1)OCO2)/C(=C/c1ccc(SC(=S)N2CCOCC2)o1)NC(=O)c1ccccc1. The molecule has 196 valence electrons. The van der Waals surface area contributed by atoms with Gasteiger partial charge in [0.15, 0.2) is 16.6 Å². The zero-order valence-corrected chi connectivity index (χ0v) is 21.9. The molecule has 11 heteroatoms. The second-order valence-corrected chi connectivity index (χ2v) is 10.0. The van der Waals surface area contributed by atoms with E-state index in [0.29, 0.717) is 45.4 Å². The Morgan fingerprint density at radius 1 is 1.00 bits per heavy atom. The fourth-order valence-electron chi connectivity index (χ4n) is 3.78. The average Bonchev–Trinajstić information content (AvgIpc) is 3.61. The van der Waals surface area contributed by atoms with Gasteiger partial charge in [-0.2, -0.15) is 0 Å². The lowest BCUT2D eigenvalue weighted by Gasteiger charge is -2.28. The first kappa shape index (κ1) is 25.8. The van der Waals surface area contributed by atoms with Gasteiger partial charge in [-0.25, -0.2) is 0 Å². The third-order valence-electron chi connectivity index (χ3n) is 5.76. The van der Waals surface area contributed by atoms with Crippen molar-refractivity contribution in [3.05, 3.63) is 83.2 Å². The average molecular weight is 552 g/mol. The van der Waals surface area contributed by atoms with Crippen LogP contribution in [0, 0.1) is 0 Å². The van der Waals surface area contributed by atoms with E-state index >= 15 is 0 Å². The van der Waals surface area contributed by atoms with Crippen molar-refractivity contribution in [2.45, 2.75) is 11.6 Å². The summed E-state index contributed by atoms with van der Waals surface area (Å²) in [6.45, 7) is 3.14. The van der Waals surface area contributed by atoms with Crippen LogP contribution in [-0.4, -0.2) is 54.1 Å². The predicted octanol–water partition coefficient (Wildman–Crippen LogP) is 3.80. The summed E-state index contributed by atoms with van der Waals surface area (Å²) in [5.74, 6) is 0.806. The summed E-state index contributed by atoms with van der Waals surface area (Å²) in [7, 11) is 0. The molecule has 2 N–H and O–H groups in total. The Morgan fingerprint density at radius 2 is 1.79 bits per heavy atom. The predicted molar refractivity (Wildman–Crippen MR) is 146 cm³/mol. The summed E-state index contributed by atoms with van der Waals surface area (Å²) in [5, 5.41) is 6.14. The Kier molecular flexibility index (Phi) is 8.27. The maximum absolute atomic E-state index is 13.2. The Hall–Kier alpha value is -3.80. The minimum absolute atomic E-state index is 0.0428. The van der Waals surface area contributed by atoms with Crippen LogP contribution in [0.4, 0.5) is 0 Å². The van der Waals surface area contributed by atoms with Crippen LogP contribution in [0.15, 0.2) is 75.9 Å². The van der Waals surface area contributed by atoms with Crippen LogP contribution in [-0.2, 0) is 16.1 Å². The number of rotatable bonds is 7. The molecule has 1 saturated heterocycles. The third kappa shape index (κ3) is 6.55. The summed E-state index contributed by atoms with van der Waals surface area (Å²) in [6.07, 6.45) is 1.50. The third-order valence-corrected chi connectivity index (χ3v) is 7.13. The van der Waals surface area contributed by atoms with Crippen molar-refractivity contribution >= 4 is 46.2 Å². The van der Waals surface area contributed by atoms with E-state index in [2.05, 4.69) is 15.5 Å². The largest absolute Gasteiger partial charge is 0.454 e. The number of carbonyl (C=O) groups is 2. The van der Waals surface area contributed by atoms with Crippen molar-refractivity contribution in [2.75, 3.05) is 33.1 Å². The number of carbonyl (C=O) groups excluding carboxylic acids is 2. The number of thiocarbonyl (C=S) groups is 1. The zero-order chi connectivity index (χ0) is 26.3. The van der Waals surface area contributed by atoms with Gasteiger partial charge in [-0.05, 0) is 53.7 Å².